The Balaban J connectivity index is 2.35. The van der Waals surface area contributed by atoms with Crippen molar-refractivity contribution in [2.75, 3.05) is 13.2 Å². The van der Waals surface area contributed by atoms with Crippen LogP contribution in [-0.2, 0) is 11.3 Å². The SMILES string of the molecule is NCc1cc(C2=NCCO2)ccc1Br. The summed E-state index contributed by atoms with van der Waals surface area (Å²) in [4.78, 5) is 4.25. The van der Waals surface area contributed by atoms with Gasteiger partial charge in [-0.05, 0) is 23.8 Å². The second-order valence-electron chi connectivity index (χ2n) is 3.05. The minimum absolute atomic E-state index is 0.516. The Morgan fingerprint density at radius 2 is 2.36 bits per heavy atom. The van der Waals surface area contributed by atoms with E-state index in [9.17, 15) is 0 Å². The second kappa shape index (κ2) is 4.11. The molecule has 0 bridgehead atoms. The van der Waals surface area contributed by atoms with E-state index >= 15 is 0 Å². The summed E-state index contributed by atoms with van der Waals surface area (Å²) < 4.78 is 6.40. The van der Waals surface area contributed by atoms with E-state index < -0.39 is 0 Å². The van der Waals surface area contributed by atoms with Crippen LogP contribution in [0.15, 0.2) is 27.7 Å². The Hall–Kier alpha value is -0.870. The summed E-state index contributed by atoms with van der Waals surface area (Å²) in [6.45, 7) is 1.95. The van der Waals surface area contributed by atoms with Gasteiger partial charge >= 0.3 is 0 Å². The minimum atomic E-state index is 0.516. The number of hydrogen-bond acceptors (Lipinski definition) is 3. The van der Waals surface area contributed by atoms with Crippen molar-refractivity contribution in [3.63, 3.8) is 0 Å². The van der Waals surface area contributed by atoms with E-state index in [4.69, 9.17) is 10.5 Å². The molecule has 0 saturated heterocycles. The monoisotopic (exact) mass is 254 g/mol. The maximum absolute atomic E-state index is 5.61. The molecule has 0 radical (unpaired) electrons. The van der Waals surface area contributed by atoms with Crippen LogP contribution in [0.1, 0.15) is 11.1 Å². The Labute approximate surface area is 91.1 Å². The van der Waals surface area contributed by atoms with Crippen LogP contribution < -0.4 is 5.73 Å². The number of hydrogen-bond donors (Lipinski definition) is 1. The quantitative estimate of drug-likeness (QED) is 0.874. The molecular formula is C10H11BrN2O. The zero-order chi connectivity index (χ0) is 9.97. The van der Waals surface area contributed by atoms with Crippen LogP contribution in [-0.4, -0.2) is 19.0 Å². The molecule has 0 unspecified atom stereocenters. The van der Waals surface area contributed by atoms with Crippen molar-refractivity contribution in [1.29, 1.82) is 0 Å². The second-order valence-corrected chi connectivity index (χ2v) is 3.90. The first-order valence-corrected chi connectivity index (χ1v) is 5.26. The molecule has 0 aromatic heterocycles. The highest BCUT2D eigenvalue weighted by Gasteiger charge is 2.11. The number of rotatable bonds is 2. The van der Waals surface area contributed by atoms with Crippen LogP contribution in [0.3, 0.4) is 0 Å². The van der Waals surface area contributed by atoms with Crippen molar-refractivity contribution < 1.29 is 4.74 Å². The first-order chi connectivity index (χ1) is 6.81. The third kappa shape index (κ3) is 1.81. The third-order valence-corrected chi connectivity index (χ3v) is 2.87. The fourth-order valence-electron chi connectivity index (χ4n) is 1.37. The molecule has 74 valence electrons. The molecular weight excluding hydrogens is 244 g/mol. The van der Waals surface area contributed by atoms with Gasteiger partial charge in [0.25, 0.3) is 0 Å². The molecule has 0 aliphatic carbocycles. The molecule has 2 N–H and O–H groups in total. The highest BCUT2D eigenvalue weighted by molar-refractivity contribution is 9.10. The van der Waals surface area contributed by atoms with E-state index in [1.807, 2.05) is 18.2 Å². The first-order valence-electron chi connectivity index (χ1n) is 4.47. The van der Waals surface area contributed by atoms with Crippen molar-refractivity contribution in [2.24, 2.45) is 10.7 Å². The van der Waals surface area contributed by atoms with Gasteiger partial charge in [-0.25, -0.2) is 4.99 Å². The molecule has 1 aliphatic rings. The average molecular weight is 255 g/mol. The van der Waals surface area contributed by atoms with Gasteiger partial charge in [0.1, 0.15) is 6.61 Å². The van der Waals surface area contributed by atoms with Crippen LogP contribution >= 0.6 is 15.9 Å². The molecule has 2 rings (SSSR count). The van der Waals surface area contributed by atoms with Crippen molar-refractivity contribution >= 4 is 21.8 Å². The molecule has 1 aliphatic heterocycles. The van der Waals surface area contributed by atoms with Gasteiger partial charge in [-0.2, -0.15) is 0 Å². The fraction of sp³-hybridized carbons (Fsp3) is 0.300. The lowest BCUT2D eigenvalue weighted by molar-refractivity contribution is 0.348. The lowest BCUT2D eigenvalue weighted by atomic mass is 10.1. The van der Waals surface area contributed by atoms with Crippen molar-refractivity contribution in [3.8, 4) is 0 Å². The van der Waals surface area contributed by atoms with Gasteiger partial charge in [0.15, 0.2) is 0 Å². The maximum Gasteiger partial charge on any atom is 0.216 e. The maximum atomic E-state index is 5.61. The summed E-state index contributed by atoms with van der Waals surface area (Å²) in [6, 6.07) is 5.96. The first kappa shape index (κ1) is 9.68. The van der Waals surface area contributed by atoms with Crippen LogP contribution in [0, 0.1) is 0 Å². The van der Waals surface area contributed by atoms with Gasteiger partial charge < -0.3 is 10.5 Å². The topological polar surface area (TPSA) is 47.6 Å². The van der Waals surface area contributed by atoms with Crippen molar-refractivity contribution in [1.82, 2.24) is 0 Å². The number of aliphatic imine (C=N–C) groups is 1. The van der Waals surface area contributed by atoms with E-state index in [-0.39, 0.29) is 0 Å². The fourth-order valence-corrected chi connectivity index (χ4v) is 1.78. The van der Waals surface area contributed by atoms with Crippen molar-refractivity contribution in [3.05, 3.63) is 33.8 Å². The average Bonchev–Trinajstić information content (AvgIpc) is 2.71. The molecule has 4 heteroatoms. The number of nitrogens with zero attached hydrogens (tertiary/aromatic N) is 1. The number of benzene rings is 1. The third-order valence-electron chi connectivity index (χ3n) is 2.10. The molecule has 1 aromatic carbocycles. The van der Waals surface area contributed by atoms with Gasteiger partial charge in [0.2, 0.25) is 5.90 Å². The van der Waals surface area contributed by atoms with Crippen LogP contribution in [0.2, 0.25) is 0 Å². The summed E-state index contributed by atoms with van der Waals surface area (Å²) in [5.74, 6) is 0.729. The van der Waals surface area contributed by atoms with E-state index in [2.05, 4.69) is 20.9 Å². The van der Waals surface area contributed by atoms with Crippen molar-refractivity contribution in [2.45, 2.75) is 6.54 Å². The molecule has 1 aromatic rings. The van der Waals surface area contributed by atoms with E-state index in [1.54, 1.807) is 0 Å². The molecule has 14 heavy (non-hydrogen) atoms. The minimum Gasteiger partial charge on any atom is -0.476 e. The van der Waals surface area contributed by atoms with Gasteiger partial charge in [-0.15, -0.1) is 0 Å². The largest absolute Gasteiger partial charge is 0.476 e. The molecule has 3 nitrogen and oxygen atoms in total. The highest BCUT2D eigenvalue weighted by atomic mass is 79.9. The van der Waals surface area contributed by atoms with Crippen LogP contribution in [0.4, 0.5) is 0 Å². The van der Waals surface area contributed by atoms with Crippen LogP contribution in [0.5, 0.6) is 0 Å². The zero-order valence-corrected chi connectivity index (χ0v) is 9.25. The summed E-state index contributed by atoms with van der Waals surface area (Å²) in [5.41, 5.74) is 7.68. The summed E-state index contributed by atoms with van der Waals surface area (Å²) >= 11 is 3.44. The Morgan fingerprint density at radius 1 is 1.50 bits per heavy atom. The standard InChI is InChI=1S/C10H11BrN2O/c11-9-2-1-7(5-8(9)6-12)10-13-3-4-14-10/h1-2,5H,3-4,6,12H2. The van der Waals surface area contributed by atoms with Gasteiger partial charge in [-0.1, -0.05) is 15.9 Å². The van der Waals surface area contributed by atoms with E-state index in [1.165, 1.54) is 0 Å². The lowest BCUT2D eigenvalue weighted by Gasteiger charge is -2.05. The summed E-state index contributed by atoms with van der Waals surface area (Å²) in [6.07, 6.45) is 0. The highest BCUT2D eigenvalue weighted by Crippen LogP contribution is 2.19. The molecule has 0 amide bonds. The Morgan fingerprint density at radius 3 is 3.00 bits per heavy atom. The molecule has 0 saturated carbocycles. The summed E-state index contributed by atoms with van der Waals surface area (Å²) in [5, 5.41) is 0. The Bertz CT molecular complexity index is 376. The molecule has 0 fully saturated rings. The smallest absolute Gasteiger partial charge is 0.216 e. The zero-order valence-electron chi connectivity index (χ0n) is 7.66. The van der Waals surface area contributed by atoms with Crippen LogP contribution in [0.25, 0.3) is 0 Å². The number of ether oxygens (including phenoxy) is 1. The number of nitrogens with two attached hydrogens (primary N) is 1. The molecule has 1 heterocycles. The normalized spacial score (nSPS) is 15.1. The van der Waals surface area contributed by atoms with Gasteiger partial charge in [0.05, 0.1) is 6.54 Å². The predicted molar refractivity (Wildman–Crippen MR) is 59.4 cm³/mol. The van der Waals surface area contributed by atoms with Gasteiger partial charge in [0, 0.05) is 16.6 Å². The van der Waals surface area contributed by atoms with Gasteiger partial charge in [-0.3, -0.25) is 0 Å². The summed E-state index contributed by atoms with van der Waals surface area (Å²) in [7, 11) is 0. The predicted octanol–water partition coefficient (Wildman–Crippen LogP) is 1.68. The molecule has 0 spiro atoms. The Kier molecular flexibility index (Phi) is 2.84. The van der Waals surface area contributed by atoms with E-state index in [0.717, 1.165) is 28.0 Å². The number of halogens is 1. The lowest BCUT2D eigenvalue weighted by Crippen LogP contribution is -2.04. The van der Waals surface area contributed by atoms with E-state index in [0.29, 0.717) is 13.2 Å². The molecule has 0 atom stereocenters.